The van der Waals surface area contributed by atoms with Gasteiger partial charge in [0, 0.05) is 23.0 Å². The highest BCUT2D eigenvalue weighted by Crippen LogP contribution is 2.28. The maximum atomic E-state index is 5.46. The number of hydrogen-bond donors (Lipinski definition) is 1. The third-order valence-corrected chi connectivity index (χ3v) is 3.17. The standard InChI is InChI=1S/C18H24N2O.ClH/c1-12(2)19-18(20-13(3)4)16-10-11-17(21-5)15-9-7-6-8-14(15)16;/h6-13H,1-5H3,(H,19,20);1H. The topological polar surface area (TPSA) is 33.6 Å². The molecule has 0 spiro atoms. The molecule has 0 saturated heterocycles. The van der Waals surface area contributed by atoms with Crippen LogP contribution in [0.1, 0.15) is 33.3 Å². The molecule has 0 radical (unpaired) electrons. The van der Waals surface area contributed by atoms with E-state index in [1.165, 1.54) is 0 Å². The van der Waals surface area contributed by atoms with Gasteiger partial charge in [0.1, 0.15) is 11.6 Å². The highest BCUT2D eigenvalue weighted by atomic mass is 35.5. The Labute approximate surface area is 139 Å². The first-order valence-corrected chi connectivity index (χ1v) is 7.43. The van der Waals surface area contributed by atoms with Crippen molar-refractivity contribution in [1.82, 2.24) is 5.32 Å². The Bertz CT molecular complexity index is 651. The van der Waals surface area contributed by atoms with Crippen molar-refractivity contribution in [2.45, 2.75) is 39.8 Å². The van der Waals surface area contributed by atoms with Gasteiger partial charge in [-0.15, -0.1) is 12.4 Å². The summed E-state index contributed by atoms with van der Waals surface area (Å²) in [6.07, 6.45) is 0. The highest BCUT2D eigenvalue weighted by molar-refractivity contribution is 6.11. The SMILES string of the molecule is COc1ccc(C(=NC(C)C)NC(C)C)c2ccccc12.Cl. The number of methoxy groups -OCH3 is 1. The van der Waals surface area contributed by atoms with Crippen LogP contribution in [0.25, 0.3) is 10.8 Å². The van der Waals surface area contributed by atoms with E-state index in [4.69, 9.17) is 9.73 Å². The minimum Gasteiger partial charge on any atom is -0.496 e. The van der Waals surface area contributed by atoms with Crippen LogP contribution in [0.3, 0.4) is 0 Å². The molecule has 0 saturated carbocycles. The second-order valence-electron chi connectivity index (χ2n) is 5.73. The molecule has 2 rings (SSSR count). The van der Waals surface area contributed by atoms with Crippen LogP contribution in [0.4, 0.5) is 0 Å². The third kappa shape index (κ3) is 4.14. The van der Waals surface area contributed by atoms with E-state index in [0.29, 0.717) is 6.04 Å². The fraction of sp³-hybridized carbons (Fsp3) is 0.389. The first kappa shape index (κ1) is 18.3. The first-order valence-electron chi connectivity index (χ1n) is 7.43. The minimum atomic E-state index is 0. The van der Waals surface area contributed by atoms with Crippen molar-refractivity contribution in [1.29, 1.82) is 0 Å². The van der Waals surface area contributed by atoms with Gasteiger partial charge in [-0.2, -0.15) is 0 Å². The lowest BCUT2D eigenvalue weighted by Gasteiger charge is -2.17. The molecule has 22 heavy (non-hydrogen) atoms. The van der Waals surface area contributed by atoms with E-state index in [-0.39, 0.29) is 18.4 Å². The number of benzene rings is 2. The molecule has 2 aromatic rings. The lowest BCUT2D eigenvalue weighted by Crippen LogP contribution is -2.32. The largest absolute Gasteiger partial charge is 0.496 e. The molecule has 0 heterocycles. The van der Waals surface area contributed by atoms with Crippen molar-refractivity contribution in [3.63, 3.8) is 0 Å². The third-order valence-electron chi connectivity index (χ3n) is 3.17. The zero-order chi connectivity index (χ0) is 15.4. The summed E-state index contributed by atoms with van der Waals surface area (Å²) >= 11 is 0. The van der Waals surface area contributed by atoms with Gasteiger partial charge in [-0.25, -0.2) is 0 Å². The second kappa shape index (κ2) is 8.04. The molecule has 0 aliphatic rings. The van der Waals surface area contributed by atoms with Crippen LogP contribution in [-0.2, 0) is 0 Å². The Balaban J connectivity index is 0.00000242. The van der Waals surface area contributed by atoms with E-state index in [2.05, 4.69) is 51.2 Å². The molecule has 0 fully saturated rings. The van der Waals surface area contributed by atoms with Crippen LogP contribution >= 0.6 is 12.4 Å². The predicted octanol–water partition coefficient (Wildman–Crippen LogP) is 4.42. The van der Waals surface area contributed by atoms with E-state index in [9.17, 15) is 0 Å². The Morgan fingerprint density at radius 3 is 2.18 bits per heavy atom. The summed E-state index contributed by atoms with van der Waals surface area (Å²) in [6, 6.07) is 12.9. The Hall–Kier alpha value is -1.74. The Morgan fingerprint density at radius 1 is 1.00 bits per heavy atom. The average molecular weight is 321 g/mol. The molecule has 0 aromatic heterocycles. The van der Waals surface area contributed by atoms with E-state index in [1.807, 2.05) is 18.2 Å². The lowest BCUT2D eigenvalue weighted by atomic mass is 10.0. The van der Waals surface area contributed by atoms with Gasteiger partial charge in [0.15, 0.2) is 0 Å². The summed E-state index contributed by atoms with van der Waals surface area (Å²) in [4.78, 5) is 4.76. The summed E-state index contributed by atoms with van der Waals surface area (Å²) in [7, 11) is 1.71. The van der Waals surface area contributed by atoms with E-state index in [0.717, 1.165) is 27.9 Å². The summed E-state index contributed by atoms with van der Waals surface area (Å²) in [5.41, 5.74) is 1.12. The molecule has 0 unspecified atom stereocenters. The van der Waals surface area contributed by atoms with Crippen LogP contribution in [0.15, 0.2) is 41.4 Å². The van der Waals surface area contributed by atoms with Gasteiger partial charge in [0.05, 0.1) is 7.11 Å². The van der Waals surface area contributed by atoms with Gasteiger partial charge in [0.2, 0.25) is 0 Å². The fourth-order valence-corrected chi connectivity index (χ4v) is 2.37. The number of rotatable bonds is 4. The van der Waals surface area contributed by atoms with E-state index >= 15 is 0 Å². The first-order chi connectivity index (χ1) is 10.0. The molecule has 0 amide bonds. The predicted molar refractivity (Wildman–Crippen MR) is 97.7 cm³/mol. The van der Waals surface area contributed by atoms with Gasteiger partial charge >= 0.3 is 0 Å². The normalized spacial score (nSPS) is 11.7. The molecule has 0 bridgehead atoms. The Morgan fingerprint density at radius 2 is 1.64 bits per heavy atom. The zero-order valence-electron chi connectivity index (χ0n) is 13.9. The maximum absolute atomic E-state index is 5.46. The number of nitrogens with zero attached hydrogens (tertiary/aromatic N) is 1. The molecule has 120 valence electrons. The van der Waals surface area contributed by atoms with Crippen molar-refractivity contribution in [3.8, 4) is 5.75 Å². The number of nitrogens with one attached hydrogen (secondary N) is 1. The molecule has 0 aliphatic carbocycles. The van der Waals surface area contributed by atoms with Crippen LogP contribution < -0.4 is 10.1 Å². The maximum Gasteiger partial charge on any atom is 0.129 e. The Kier molecular flexibility index (Phi) is 6.69. The van der Waals surface area contributed by atoms with Gasteiger partial charge in [-0.3, -0.25) is 4.99 Å². The van der Waals surface area contributed by atoms with Crippen molar-refractivity contribution >= 4 is 29.0 Å². The second-order valence-corrected chi connectivity index (χ2v) is 5.73. The molecule has 3 nitrogen and oxygen atoms in total. The van der Waals surface area contributed by atoms with Crippen LogP contribution in [0.5, 0.6) is 5.75 Å². The van der Waals surface area contributed by atoms with Gasteiger partial charge in [0.25, 0.3) is 0 Å². The smallest absolute Gasteiger partial charge is 0.129 e. The zero-order valence-corrected chi connectivity index (χ0v) is 14.7. The van der Waals surface area contributed by atoms with E-state index < -0.39 is 0 Å². The highest BCUT2D eigenvalue weighted by Gasteiger charge is 2.12. The fourth-order valence-electron chi connectivity index (χ4n) is 2.37. The number of ether oxygens (including phenoxy) is 1. The van der Waals surface area contributed by atoms with Crippen molar-refractivity contribution in [2.75, 3.05) is 7.11 Å². The molecule has 4 heteroatoms. The summed E-state index contributed by atoms with van der Waals surface area (Å²) < 4.78 is 5.46. The van der Waals surface area contributed by atoms with Crippen molar-refractivity contribution in [3.05, 3.63) is 42.0 Å². The van der Waals surface area contributed by atoms with Crippen LogP contribution in [0, 0.1) is 0 Å². The minimum absolute atomic E-state index is 0. The van der Waals surface area contributed by atoms with Gasteiger partial charge in [-0.1, -0.05) is 24.3 Å². The van der Waals surface area contributed by atoms with Crippen LogP contribution in [-0.4, -0.2) is 25.0 Å². The molecule has 2 aromatic carbocycles. The summed E-state index contributed by atoms with van der Waals surface area (Å²) in [5, 5.41) is 5.73. The number of halogens is 1. The number of aliphatic imine (C=N–C) groups is 1. The monoisotopic (exact) mass is 320 g/mol. The number of fused-ring (bicyclic) bond motifs is 1. The van der Waals surface area contributed by atoms with Gasteiger partial charge in [-0.05, 0) is 45.2 Å². The molecule has 1 N–H and O–H groups in total. The molecule has 0 aliphatic heterocycles. The summed E-state index contributed by atoms with van der Waals surface area (Å²) in [6.45, 7) is 8.44. The summed E-state index contributed by atoms with van der Waals surface area (Å²) in [5.74, 6) is 1.83. The van der Waals surface area contributed by atoms with Crippen molar-refractivity contribution in [2.24, 2.45) is 4.99 Å². The van der Waals surface area contributed by atoms with Crippen molar-refractivity contribution < 1.29 is 4.74 Å². The molecular formula is C18H25ClN2O. The number of hydrogen-bond acceptors (Lipinski definition) is 2. The van der Waals surface area contributed by atoms with E-state index in [1.54, 1.807) is 7.11 Å². The quantitative estimate of drug-likeness (QED) is 0.668. The van der Waals surface area contributed by atoms with Crippen LogP contribution in [0.2, 0.25) is 0 Å². The number of amidine groups is 1. The molecular weight excluding hydrogens is 296 g/mol. The van der Waals surface area contributed by atoms with Gasteiger partial charge < -0.3 is 10.1 Å². The molecule has 0 atom stereocenters. The average Bonchev–Trinajstić information content (AvgIpc) is 2.44. The lowest BCUT2D eigenvalue weighted by molar-refractivity contribution is 0.420.